The van der Waals surface area contributed by atoms with Crippen LogP contribution in [0.25, 0.3) is 0 Å². The molecule has 6 rings (SSSR count). The first-order valence-electron chi connectivity index (χ1n) is 14.8. The summed E-state index contributed by atoms with van der Waals surface area (Å²) in [5.41, 5.74) is 19.5. The molecule has 0 unspecified atom stereocenters. The van der Waals surface area contributed by atoms with Crippen LogP contribution in [0.4, 0.5) is 17.2 Å². The van der Waals surface area contributed by atoms with Gasteiger partial charge >= 0.3 is 12.0 Å². The molecule has 0 saturated heterocycles. The van der Waals surface area contributed by atoms with Crippen molar-refractivity contribution in [3.05, 3.63) is 124 Å². The normalized spacial score (nSPS) is 10.1. The fourth-order valence-corrected chi connectivity index (χ4v) is 4.27. The first-order valence-corrected chi connectivity index (χ1v) is 16.0. The SMILES string of the molecule is COc1ccc(CN)cc1.COc1ccc(CNc2nccc(Oc3ncc(N)cn3)c2Cl)cc1.Nc1cnc(Oc2ccnc(Cl)c2Cl)nc1. The molecule has 0 aliphatic carbocycles. The van der Waals surface area contributed by atoms with E-state index in [0.29, 0.717) is 46.8 Å². The smallest absolute Gasteiger partial charge is 0.322 e. The van der Waals surface area contributed by atoms with Crippen LogP contribution >= 0.6 is 34.8 Å². The maximum absolute atomic E-state index is 6.35. The summed E-state index contributed by atoms with van der Waals surface area (Å²) in [6, 6.07) is 18.9. The number of pyridine rings is 2. The minimum Gasteiger partial charge on any atom is -0.497 e. The lowest BCUT2D eigenvalue weighted by atomic mass is 10.2. The molecule has 0 bridgehead atoms. The number of hydrogen-bond donors (Lipinski definition) is 4. The van der Waals surface area contributed by atoms with Crippen LogP contribution in [0.2, 0.25) is 15.2 Å². The Morgan fingerprint density at radius 3 is 1.51 bits per heavy atom. The molecular weight excluding hydrogens is 719 g/mol. The summed E-state index contributed by atoms with van der Waals surface area (Å²) in [5, 5.41) is 3.90. The highest BCUT2D eigenvalue weighted by atomic mass is 35.5. The molecule has 4 aromatic heterocycles. The number of halogens is 3. The van der Waals surface area contributed by atoms with Gasteiger partial charge in [0.25, 0.3) is 0 Å². The van der Waals surface area contributed by atoms with Crippen molar-refractivity contribution in [1.29, 1.82) is 0 Å². The number of nitrogens with two attached hydrogens (primary N) is 3. The zero-order valence-electron chi connectivity index (χ0n) is 27.3. The van der Waals surface area contributed by atoms with Crippen LogP contribution in [0.3, 0.4) is 0 Å². The maximum Gasteiger partial charge on any atom is 0.322 e. The average Bonchev–Trinajstić information content (AvgIpc) is 3.16. The molecule has 0 spiro atoms. The predicted molar refractivity (Wildman–Crippen MR) is 198 cm³/mol. The lowest BCUT2D eigenvalue weighted by molar-refractivity contribution is 0.414. The third-order valence-electron chi connectivity index (χ3n) is 6.38. The van der Waals surface area contributed by atoms with Gasteiger partial charge in [0.2, 0.25) is 0 Å². The highest BCUT2D eigenvalue weighted by Crippen LogP contribution is 2.33. The van der Waals surface area contributed by atoms with Gasteiger partial charge in [0, 0.05) is 37.6 Å². The number of benzene rings is 2. The summed E-state index contributed by atoms with van der Waals surface area (Å²) in [4.78, 5) is 23.7. The van der Waals surface area contributed by atoms with Crippen LogP contribution in [0.15, 0.2) is 97.8 Å². The van der Waals surface area contributed by atoms with E-state index in [1.54, 1.807) is 32.5 Å². The minimum atomic E-state index is 0.137. The Hall–Kier alpha value is -5.67. The number of ether oxygens (including phenoxy) is 4. The molecule has 51 heavy (non-hydrogen) atoms. The Morgan fingerprint density at radius 2 is 1.04 bits per heavy atom. The summed E-state index contributed by atoms with van der Waals surface area (Å²) in [6.07, 6.45) is 8.84. The zero-order chi connectivity index (χ0) is 36.6. The minimum absolute atomic E-state index is 0.137. The summed E-state index contributed by atoms with van der Waals surface area (Å²) < 4.78 is 21.0. The molecule has 0 amide bonds. The second-order valence-electron chi connectivity index (χ2n) is 9.94. The number of hydrogen-bond acceptors (Lipinski definition) is 14. The monoisotopic (exact) mass is 750 g/mol. The van der Waals surface area contributed by atoms with Crippen molar-refractivity contribution in [2.24, 2.45) is 5.73 Å². The van der Waals surface area contributed by atoms with E-state index >= 15 is 0 Å². The highest BCUT2D eigenvalue weighted by molar-refractivity contribution is 6.42. The molecule has 6 aromatic rings. The van der Waals surface area contributed by atoms with Crippen molar-refractivity contribution in [2.75, 3.05) is 31.0 Å². The van der Waals surface area contributed by atoms with Crippen LogP contribution in [-0.4, -0.2) is 44.1 Å². The molecule has 0 saturated carbocycles. The van der Waals surface area contributed by atoms with Gasteiger partial charge in [-0.2, -0.15) is 0 Å². The molecule has 0 aliphatic heterocycles. The first kappa shape index (κ1) is 38.1. The van der Waals surface area contributed by atoms with Crippen molar-refractivity contribution in [3.8, 4) is 35.0 Å². The molecule has 0 atom stereocenters. The van der Waals surface area contributed by atoms with Crippen molar-refractivity contribution >= 4 is 52.0 Å². The van der Waals surface area contributed by atoms with E-state index in [9.17, 15) is 0 Å². The summed E-state index contributed by atoms with van der Waals surface area (Å²) in [7, 11) is 3.28. The summed E-state index contributed by atoms with van der Waals surface area (Å²) >= 11 is 17.9. The Labute approximate surface area is 308 Å². The van der Waals surface area contributed by atoms with Gasteiger partial charge in [-0.15, -0.1) is 0 Å². The molecule has 7 N–H and O–H groups in total. The third kappa shape index (κ3) is 12.0. The molecule has 264 valence electrons. The second kappa shape index (κ2) is 19.5. The molecule has 2 aromatic carbocycles. The van der Waals surface area contributed by atoms with E-state index < -0.39 is 0 Å². The number of nitrogens with one attached hydrogen (secondary N) is 1. The van der Waals surface area contributed by atoms with Crippen molar-refractivity contribution in [2.45, 2.75) is 13.1 Å². The van der Waals surface area contributed by atoms with Gasteiger partial charge in [-0.3, -0.25) is 0 Å². The van der Waals surface area contributed by atoms with E-state index in [0.717, 1.165) is 22.6 Å². The van der Waals surface area contributed by atoms with Gasteiger partial charge in [0.15, 0.2) is 16.7 Å². The lowest BCUT2D eigenvalue weighted by Crippen LogP contribution is -2.03. The fraction of sp³-hybridized carbons (Fsp3) is 0.118. The first-order chi connectivity index (χ1) is 24.7. The quantitative estimate of drug-likeness (QED) is 0.102. The summed E-state index contributed by atoms with van der Waals surface area (Å²) in [5.74, 6) is 2.92. The highest BCUT2D eigenvalue weighted by Gasteiger charge is 2.11. The number of nitrogens with zero attached hydrogens (tertiary/aromatic N) is 6. The van der Waals surface area contributed by atoms with Crippen molar-refractivity contribution in [1.82, 2.24) is 29.9 Å². The van der Waals surface area contributed by atoms with Gasteiger partial charge in [0.05, 0.1) is 50.4 Å². The van der Waals surface area contributed by atoms with Crippen LogP contribution in [0.1, 0.15) is 11.1 Å². The number of aromatic nitrogens is 6. The topological polar surface area (TPSA) is 204 Å². The van der Waals surface area contributed by atoms with Gasteiger partial charge in [-0.05, 0) is 35.4 Å². The van der Waals surface area contributed by atoms with Gasteiger partial charge in [-0.1, -0.05) is 59.1 Å². The van der Waals surface area contributed by atoms with Crippen LogP contribution in [0.5, 0.6) is 35.0 Å². The standard InChI is InChI=1S/C17H16ClN5O2.C9H6Cl2N4O.C8H11NO/c1-24-13-4-2-11(3-5-13)8-21-16-15(18)14(6-7-20-16)25-17-22-9-12(19)10-23-17;10-7-6(1-2-13-8(7)11)16-9-14-3-5(12)4-15-9;1-10-8-4-2-7(6-9)3-5-8/h2-7,9-10H,8,19H2,1H3,(H,20,21);1-4H,12H2;2-5H,6,9H2,1H3. The number of rotatable bonds is 10. The predicted octanol–water partition coefficient (Wildman–Crippen LogP) is 7.23. The number of nitrogen functional groups attached to an aromatic ring is 2. The molecule has 14 nitrogen and oxygen atoms in total. The van der Waals surface area contributed by atoms with Crippen molar-refractivity contribution in [3.63, 3.8) is 0 Å². The molecule has 0 aliphatic rings. The van der Waals surface area contributed by atoms with Crippen molar-refractivity contribution < 1.29 is 18.9 Å². The number of anilines is 3. The molecule has 4 heterocycles. The number of methoxy groups -OCH3 is 2. The molecule has 17 heteroatoms. The Bertz CT molecular complexity index is 1930. The van der Waals surface area contributed by atoms with E-state index in [2.05, 4.69) is 35.2 Å². The van der Waals surface area contributed by atoms with Crippen LogP contribution < -0.4 is 41.5 Å². The third-order valence-corrected chi connectivity index (χ3v) is 7.49. The zero-order valence-corrected chi connectivity index (χ0v) is 29.6. The summed E-state index contributed by atoms with van der Waals surface area (Å²) in [6.45, 7) is 1.14. The Balaban J connectivity index is 0.000000191. The van der Waals surface area contributed by atoms with Gasteiger partial charge in [-0.25, -0.2) is 29.9 Å². The second-order valence-corrected chi connectivity index (χ2v) is 11.1. The average molecular weight is 752 g/mol. The Morgan fingerprint density at radius 1 is 0.588 bits per heavy atom. The molecule has 0 fully saturated rings. The molecular formula is C34H33Cl3N10O4. The Kier molecular flexibility index (Phi) is 14.6. The largest absolute Gasteiger partial charge is 0.497 e. The van der Waals surface area contributed by atoms with Gasteiger partial charge < -0.3 is 41.5 Å². The van der Waals surface area contributed by atoms with E-state index in [1.165, 1.54) is 31.0 Å². The van der Waals surface area contributed by atoms with Gasteiger partial charge in [0.1, 0.15) is 27.4 Å². The van der Waals surface area contributed by atoms with E-state index in [1.807, 2.05) is 48.5 Å². The van der Waals surface area contributed by atoms with Crippen LogP contribution in [-0.2, 0) is 13.1 Å². The maximum atomic E-state index is 6.35. The fourth-order valence-electron chi connectivity index (χ4n) is 3.75. The molecule has 0 radical (unpaired) electrons. The lowest BCUT2D eigenvalue weighted by Gasteiger charge is -2.11. The van der Waals surface area contributed by atoms with E-state index in [4.69, 9.17) is 71.0 Å². The van der Waals surface area contributed by atoms with E-state index in [-0.39, 0.29) is 22.2 Å². The van der Waals surface area contributed by atoms with Crippen LogP contribution in [0, 0.1) is 0 Å².